The third kappa shape index (κ3) is 3.71. The summed E-state index contributed by atoms with van der Waals surface area (Å²) in [5, 5.41) is 4.29. The van der Waals surface area contributed by atoms with Crippen LogP contribution in [0.1, 0.15) is 16.1 Å². The molecule has 4 nitrogen and oxygen atoms in total. The zero-order valence-corrected chi connectivity index (χ0v) is 15.1. The van der Waals surface area contributed by atoms with E-state index in [0.717, 1.165) is 38.3 Å². The molecule has 2 aromatic heterocycles. The van der Waals surface area contributed by atoms with Crippen LogP contribution in [0, 0.1) is 5.82 Å². The molecule has 0 saturated carbocycles. The highest BCUT2D eigenvalue weighted by molar-refractivity contribution is 7.07. The average molecular weight is 371 g/mol. The smallest absolute Gasteiger partial charge is 0.289 e. The molecular weight excluding hydrogens is 351 g/mol. The summed E-state index contributed by atoms with van der Waals surface area (Å²) in [4.78, 5) is 16.0. The Morgan fingerprint density at radius 1 is 1.12 bits per heavy atom. The van der Waals surface area contributed by atoms with Crippen molar-refractivity contribution in [1.82, 2.24) is 4.90 Å². The minimum absolute atomic E-state index is 0.0760. The van der Waals surface area contributed by atoms with Gasteiger partial charge in [-0.25, -0.2) is 4.39 Å². The van der Waals surface area contributed by atoms with Crippen LogP contribution in [0.4, 0.5) is 4.39 Å². The first-order valence-corrected chi connectivity index (χ1v) is 9.63. The van der Waals surface area contributed by atoms with Gasteiger partial charge in [-0.2, -0.15) is 11.3 Å². The monoisotopic (exact) mass is 371 g/mol. The number of benzene rings is 1. The van der Waals surface area contributed by atoms with Crippen molar-refractivity contribution in [2.24, 2.45) is 0 Å². The largest absolute Gasteiger partial charge is 0.451 e. The summed E-state index contributed by atoms with van der Waals surface area (Å²) in [6.07, 6.45) is 0. The molecule has 1 amide bonds. The van der Waals surface area contributed by atoms with E-state index in [1.165, 1.54) is 22.6 Å². The number of nitrogens with zero attached hydrogens (tertiary/aromatic N) is 1. The predicted octanol–water partition coefficient (Wildman–Crippen LogP) is 2.69. The Balaban J connectivity index is 1.37. The maximum Gasteiger partial charge on any atom is 0.289 e. The molecule has 134 valence electrons. The van der Waals surface area contributed by atoms with E-state index in [9.17, 15) is 9.18 Å². The highest BCUT2D eigenvalue weighted by atomic mass is 32.1. The van der Waals surface area contributed by atoms with Gasteiger partial charge >= 0.3 is 0 Å². The van der Waals surface area contributed by atoms with Crippen molar-refractivity contribution in [3.05, 3.63) is 70.4 Å². The lowest BCUT2D eigenvalue weighted by molar-refractivity contribution is -0.917. The number of furan rings is 1. The van der Waals surface area contributed by atoms with Crippen LogP contribution in [0.3, 0.4) is 0 Å². The lowest BCUT2D eigenvalue weighted by Crippen LogP contribution is -3.13. The second-order valence-corrected chi connectivity index (χ2v) is 7.30. The molecule has 1 aromatic carbocycles. The van der Waals surface area contributed by atoms with Gasteiger partial charge in [-0.3, -0.25) is 4.79 Å². The van der Waals surface area contributed by atoms with Gasteiger partial charge in [-0.1, -0.05) is 0 Å². The number of carbonyl (C=O) groups is 1. The second kappa shape index (κ2) is 7.43. The van der Waals surface area contributed by atoms with E-state index in [1.807, 2.05) is 4.90 Å². The average Bonchev–Trinajstić information content (AvgIpc) is 3.34. The number of quaternary nitrogens is 1. The maximum absolute atomic E-state index is 13.0. The quantitative estimate of drug-likeness (QED) is 0.766. The number of hydrogen-bond donors (Lipinski definition) is 1. The number of amides is 1. The zero-order valence-electron chi connectivity index (χ0n) is 14.3. The zero-order chi connectivity index (χ0) is 17.9. The number of rotatable bonds is 4. The molecule has 3 heterocycles. The molecule has 0 spiro atoms. The van der Waals surface area contributed by atoms with Crippen LogP contribution in [-0.4, -0.2) is 37.0 Å². The maximum atomic E-state index is 13.0. The standard InChI is InChI=1S/C20H19FN2O2S/c21-17-3-1-16(2-4-17)18-5-6-19(25-18)20(24)23-10-8-22(9-11-23)13-15-7-12-26-14-15/h1-7,12,14H,8-11,13H2/p+1. The summed E-state index contributed by atoms with van der Waals surface area (Å²) in [7, 11) is 0. The summed E-state index contributed by atoms with van der Waals surface area (Å²) < 4.78 is 18.8. The van der Waals surface area contributed by atoms with Crippen molar-refractivity contribution in [3.8, 4) is 11.3 Å². The van der Waals surface area contributed by atoms with E-state index in [1.54, 1.807) is 35.6 Å². The Kier molecular flexibility index (Phi) is 4.86. The molecule has 0 unspecified atom stereocenters. The first kappa shape index (κ1) is 17.0. The molecule has 1 aliphatic rings. The third-order valence-electron chi connectivity index (χ3n) is 4.74. The molecule has 1 fully saturated rings. The first-order chi connectivity index (χ1) is 12.7. The topological polar surface area (TPSA) is 37.9 Å². The highest BCUT2D eigenvalue weighted by Gasteiger charge is 2.26. The summed E-state index contributed by atoms with van der Waals surface area (Å²) >= 11 is 1.72. The fraction of sp³-hybridized carbons (Fsp3) is 0.250. The van der Waals surface area contributed by atoms with Crippen LogP contribution in [0.25, 0.3) is 11.3 Å². The molecule has 3 aromatic rings. The van der Waals surface area contributed by atoms with E-state index in [0.29, 0.717) is 11.5 Å². The van der Waals surface area contributed by atoms with Crippen LogP contribution in [0.5, 0.6) is 0 Å². The number of carbonyl (C=O) groups excluding carboxylic acids is 1. The summed E-state index contributed by atoms with van der Waals surface area (Å²) in [5.74, 6) is 0.549. The molecule has 0 aliphatic carbocycles. The van der Waals surface area contributed by atoms with Crippen molar-refractivity contribution >= 4 is 17.2 Å². The Bertz CT molecular complexity index is 866. The number of hydrogen-bond acceptors (Lipinski definition) is 3. The van der Waals surface area contributed by atoms with Crippen LogP contribution < -0.4 is 4.90 Å². The number of halogens is 1. The van der Waals surface area contributed by atoms with Gasteiger partial charge in [-0.15, -0.1) is 0 Å². The van der Waals surface area contributed by atoms with Crippen LogP contribution in [0.2, 0.25) is 0 Å². The normalized spacial score (nSPS) is 15.3. The fourth-order valence-corrected chi connectivity index (χ4v) is 3.93. The van der Waals surface area contributed by atoms with Crippen molar-refractivity contribution < 1.29 is 18.5 Å². The number of nitrogens with one attached hydrogen (secondary N) is 1. The summed E-state index contributed by atoms with van der Waals surface area (Å²) in [6, 6.07) is 11.7. The summed E-state index contributed by atoms with van der Waals surface area (Å²) in [6.45, 7) is 4.34. The first-order valence-electron chi connectivity index (χ1n) is 8.69. The molecular formula is C20H20FN2O2S+. The minimum Gasteiger partial charge on any atom is -0.451 e. The van der Waals surface area contributed by atoms with Crippen molar-refractivity contribution in [2.75, 3.05) is 26.2 Å². The van der Waals surface area contributed by atoms with Gasteiger partial charge < -0.3 is 14.2 Å². The fourth-order valence-electron chi connectivity index (χ4n) is 3.26. The van der Waals surface area contributed by atoms with Crippen molar-refractivity contribution in [3.63, 3.8) is 0 Å². The van der Waals surface area contributed by atoms with E-state index < -0.39 is 0 Å². The van der Waals surface area contributed by atoms with E-state index in [-0.39, 0.29) is 11.7 Å². The van der Waals surface area contributed by atoms with Gasteiger partial charge in [0.1, 0.15) is 18.1 Å². The van der Waals surface area contributed by atoms with Gasteiger partial charge in [0, 0.05) is 11.1 Å². The lowest BCUT2D eigenvalue weighted by Gasteiger charge is -2.31. The van der Waals surface area contributed by atoms with Gasteiger partial charge in [-0.05, 0) is 53.2 Å². The third-order valence-corrected chi connectivity index (χ3v) is 5.47. The highest BCUT2D eigenvalue weighted by Crippen LogP contribution is 2.23. The van der Waals surface area contributed by atoms with Crippen molar-refractivity contribution in [1.29, 1.82) is 0 Å². The summed E-state index contributed by atoms with van der Waals surface area (Å²) in [5.41, 5.74) is 2.12. The molecule has 1 saturated heterocycles. The van der Waals surface area contributed by atoms with E-state index in [2.05, 4.69) is 16.8 Å². The van der Waals surface area contributed by atoms with E-state index in [4.69, 9.17) is 4.42 Å². The lowest BCUT2D eigenvalue weighted by atomic mass is 10.2. The molecule has 1 N–H and O–H groups in total. The van der Waals surface area contributed by atoms with Gasteiger partial charge in [0.15, 0.2) is 5.76 Å². The van der Waals surface area contributed by atoms with Crippen LogP contribution >= 0.6 is 11.3 Å². The number of piperazine rings is 1. The molecule has 1 aliphatic heterocycles. The number of thiophene rings is 1. The molecule has 0 radical (unpaired) electrons. The van der Waals surface area contributed by atoms with Crippen molar-refractivity contribution in [2.45, 2.75) is 6.54 Å². The molecule has 0 atom stereocenters. The predicted molar refractivity (Wildman–Crippen MR) is 98.7 cm³/mol. The molecule has 6 heteroatoms. The second-order valence-electron chi connectivity index (χ2n) is 6.52. The Labute approximate surface area is 155 Å². The molecule has 4 rings (SSSR count). The Morgan fingerprint density at radius 2 is 1.88 bits per heavy atom. The molecule has 0 bridgehead atoms. The van der Waals surface area contributed by atoms with Crippen LogP contribution in [-0.2, 0) is 6.54 Å². The molecule has 26 heavy (non-hydrogen) atoms. The van der Waals surface area contributed by atoms with Gasteiger partial charge in [0.25, 0.3) is 5.91 Å². The van der Waals surface area contributed by atoms with Crippen LogP contribution in [0.15, 0.2) is 57.6 Å². The van der Waals surface area contributed by atoms with E-state index >= 15 is 0 Å². The Morgan fingerprint density at radius 3 is 2.58 bits per heavy atom. The van der Waals surface area contributed by atoms with Gasteiger partial charge in [0.05, 0.1) is 26.2 Å². The Hall–Kier alpha value is -2.44. The SMILES string of the molecule is O=C(c1ccc(-c2ccc(F)cc2)o1)N1CC[NH+](Cc2ccsc2)CC1. The minimum atomic E-state index is -0.292. The van der Waals surface area contributed by atoms with Gasteiger partial charge in [0.2, 0.25) is 0 Å².